The number of fused-ring (bicyclic) bond motifs is 1. The van der Waals surface area contributed by atoms with Gasteiger partial charge in [0.25, 0.3) is 0 Å². The van der Waals surface area contributed by atoms with Gasteiger partial charge in [-0.3, -0.25) is 0 Å². The lowest BCUT2D eigenvalue weighted by molar-refractivity contribution is 0.342. The summed E-state index contributed by atoms with van der Waals surface area (Å²) in [6, 6.07) is 7.97. The molecule has 2 aliphatic carbocycles. The molecule has 104 valence electrons. The van der Waals surface area contributed by atoms with Crippen LogP contribution in [0.15, 0.2) is 22.7 Å². The van der Waals surface area contributed by atoms with Crippen LogP contribution < -0.4 is 5.32 Å². The summed E-state index contributed by atoms with van der Waals surface area (Å²) in [7, 11) is 0. The molecule has 0 heterocycles. The van der Waals surface area contributed by atoms with Gasteiger partial charge in [-0.2, -0.15) is 11.8 Å². The molecule has 0 aromatic heterocycles. The van der Waals surface area contributed by atoms with Gasteiger partial charge >= 0.3 is 0 Å². The van der Waals surface area contributed by atoms with E-state index in [0.717, 1.165) is 11.3 Å². The molecule has 1 N–H and O–H groups in total. The van der Waals surface area contributed by atoms with E-state index in [0.29, 0.717) is 6.04 Å². The molecule has 1 aromatic rings. The first-order valence-corrected chi connectivity index (χ1v) is 9.42. The number of hydrogen-bond acceptors (Lipinski definition) is 2. The highest BCUT2D eigenvalue weighted by molar-refractivity contribution is 9.10. The average molecular weight is 340 g/mol. The molecule has 0 amide bonds. The van der Waals surface area contributed by atoms with Crippen molar-refractivity contribution in [2.45, 2.75) is 55.9 Å². The number of nitrogens with one attached hydrogen (secondary N) is 1. The van der Waals surface area contributed by atoms with E-state index in [4.69, 9.17) is 0 Å². The third kappa shape index (κ3) is 3.03. The molecule has 19 heavy (non-hydrogen) atoms. The van der Waals surface area contributed by atoms with Crippen molar-refractivity contribution in [3.8, 4) is 0 Å². The summed E-state index contributed by atoms with van der Waals surface area (Å²) in [6.07, 6.45) is 10.2. The van der Waals surface area contributed by atoms with Crippen molar-refractivity contribution in [2.24, 2.45) is 0 Å². The zero-order chi connectivity index (χ0) is 13.2. The fourth-order valence-electron chi connectivity index (χ4n) is 3.53. The first-order valence-electron chi connectivity index (χ1n) is 7.34. The van der Waals surface area contributed by atoms with Crippen molar-refractivity contribution >= 4 is 27.7 Å². The molecule has 3 rings (SSSR count). The number of benzene rings is 1. The van der Waals surface area contributed by atoms with Crippen LogP contribution in [0.5, 0.6) is 0 Å². The van der Waals surface area contributed by atoms with E-state index in [1.165, 1.54) is 54.1 Å². The Kier molecular flexibility index (Phi) is 4.55. The maximum atomic E-state index is 3.92. The van der Waals surface area contributed by atoms with Gasteiger partial charge in [-0.25, -0.2) is 0 Å². The number of hydrogen-bond donors (Lipinski definition) is 1. The van der Waals surface area contributed by atoms with E-state index in [1.54, 1.807) is 0 Å². The van der Waals surface area contributed by atoms with E-state index in [2.05, 4.69) is 45.7 Å². The normalized spacial score (nSPS) is 30.3. The highest BCUT2D eigenvalue weighted by Gasteiger charge is 2.28. The number of thioether (sulfide) groups is 1. The van der Waals surface area contributed by atoms with Crippen LogP contribution >= 0.6 is 27.7 Å². The number of halogens is 1. The molecule has 2 aliphatic rings. The van der Waals surface area contributed by atoms with Crippen molar-refractivity contribution in [1.82, 2.24) is 5.32 Å². The van der Waals surface area contributed by atoms with Gasteiger partial charge in [0.15, 0.2) is 0 Å². The molecule has 0 spiro atoms. The van der Waals surface area contributed by atoms with Gasteiger partial charge in [0.2, 0.25) is 0 Å². The summed E-state index contributed by atoms with van der Waals surface area (Å²) < 4.78 is 1.29. The molecule has 3 heteroatoms. The quantitative estimate of drug-likeness (QED) is 0.856. The zero-order valence-corrected chi connectivity index (χ0v) is 13.9. The van der Waals surface area contributed by atoms with Crippen LogP contribution in [0.2, 0.25) is 0 Å². The van der Waals surface area contributed by atoms with Crippen molar-refractivity contribution in [2.75, 3.05) is 6.26 Å². The Balaban J connectivity index is 1.63. The van der Waals surface area contributed by atoms with E-state index in [-0.39, 0.29) is 0 Å². The van der Waals surface area contributed by atoms with Crippen LogP contribution in [-0.2, 0) is 6.42 Å². The molecule has 1 atom stereocenters. The van der Waals surface area contributed by atoms with Crippen LogP contribution in [0.1, 0.15) is 49.3 Å². The van der Waals surface area contributed by atoms with Crippen LogP contribution in [0.4, 0.5) is 0 Å². The topological polar surface area (TPSA) is 12.0 Å². The predicted molar refractivity (Wildman–Crippen MR) is 87.9 cm³/mol. The van der Waals surface area contributed by atoms with Gasteiger partial charge in [-0.1, -0.05) is 28.1 Å². The molecule has 1 fully saturated rings. The van der Waals surface area contributed by atoms with Gasteiger partial charge in [0.05, 0.1) is 0 Å². The summed E-state index contributed by atoms with van der Waals surface area (Å²) in [5.41, 5.74) is 3.05. The highest BCUT2D eigenvalue weighted by Crippen LogP contribution is 2.37. The Hall–Kier alpha value is 0.0100. The molecular weight excluding hydrogens is 318 g/mol. The Morgan fingerprint density at radius 1 is 1.16 bits per heavy atom. The van der Waals surface area contributed by atoms with Crippen LogP contribution in [0.3, 0.4) is 0 Å². The Bertz CT molecular complexity index is 440. The average Bonchev–Trinajstić information content (AvgIpc) is 2.84. The fraction of sp³-hybridized carbons (Fsp3) is 0.625. The van der Waals surface area contributed by atoms with Crippen LogP contribution in [-0.4, -0.2) is 17.5 Å². The molecule has 0 saturated heterocycles. The third-order valence-electron chi connectivity index (χ3n) is 4.66. The highest BCUT2D eigenvalue weighted by atomic mass is 79.9. The van der Waals surface area contributed by atoms with E-state index in [9.17, 15) is 0 Å². The molecule has 0 bridgehead atoms. The summed E-state index contributed by atoms with van der Waals surface area (Å²) in [5, 5.41) is 4.82. The molecular formula is C16H22BrNS. The minimum atomic E-state index is 0.586. The minimum absolute atomic E-state index is 0.586. The Morgan fingerprint density at radius 2 is 1.95 bits per heavy atom. The fourth-order valence-corrected chi connectivity index (χ4v) is 4.86. The standard InChI is InChI=1S/C16H22BrNS/c1-19-12-7-5-11(6-8-12)18-16-10-9-13-14(16)3-2-4-15(13)17/h2-4,11-12,16,18H,5-10H2,1H3. The first-order chi connectivity index (χ1) is 9.28. The van der Waals surface area contributed by atoms with Gasteiger partial charge in [0, 0.05) is 21.8 Å². The van der Waals surface area contributed by atoms with Crippen LogP contribution in [0.25, 0.3) is 0 Å². The molecule has 1 saturated carbocycles. The summed E-state index contributed by atoms with van der Waals surface area (Å²) in [6.45, 7) is 0. The largest absolute Gasteiger partial charge is 0.307 e. The maximum absolute atomic E-state index is 3.92. The van der Waals surface area contributed by atoms with Crippen molar-refractivity contribution in [1.29, 1.82) is 0 Å². The van der Waals surface area contributed by atoms with Gasteiger partial charge in [0.1, 0.15) is 0 Å². The summed E-state index contributed by atoms with van der Waals surface area (Å²) >= 11 is 5.73. The molecule has 1 nitrogen and oxygen atoms in total. The van der Waals surface area contributed by atoms with Gasteiger partial charge in [-0.05, 0) is 62.0 Å². The SMILES string of the molecule is CSC1CCC(NC2CCc3c(Br)cccc32)CC1. The van der Waals surface area contributed by atoms with E-state index in [1.807, 2.05) is 11.8 Å². The van der Waals surface area contributed by atoms with Gasteiger partial charge in [-0.15, -0.1) is 0 Å². The monoisotopic (exact) mass is 339 g/mol. The van der Waals surface area contributed by atoms with Crippen molar-refractivity contribution in [3.05, 3.63) is 33.8 Å². The van der Waals surface area contributed by atoms with Crippen molar-refractivity contribution in [3.63, 3.8) is 0 Å². The Labute approximate surface area is 129 Å². The van der Waals surface area contributed by atoms with E-state index >= 15 is 0 Å². The second kappa shape index (κ2) is 6.19. The number of rotatable bonds is 3. The lowest BCUT2D eigenvalue weighted by Gasteiger charge is -2.30. The van der Waals surface area contributed by atoms with Crippen molar-refractivity contribution < 1.29 is 0 Å². The van der Waals surface area contributed by atoms with E-state index < -0.39 is 0 Å². The summed E-state index contributed by atoms with van der Waals surface area (Å²) in [4.78, 5) is 0. The second-order valence-electron chi connectivity index (χ2n) is 5.77. The minimum Gasteiger partial charge on any atom is -0.307 e. The third-order valence-corrected chi connectivity index (χ3v) is 6.54. The van der Waals surface area contributed by atoms with Crippen LogP contribution in [0, 0.1) is 0 Å². The Morgan fingerprint density at radius 3 is 2.68 bits per heavy atom. The lowest BCUT2D eigenvalue weighted by atomic mass is 9.93. The summed E-state index contributed by atoms with van der Waals surface area (Å²) in [5.74, 6) is 0. The predicted octanol–water partition coefficient (Wildman–Crippen LogP) is 4.70. The molecule has 0 aliphatic heterocycles. The lowest BCUT2D eigenvalue weighted by Crippen LogP contribution is -2.35. The maximum Gasteiger partial charge on any atom is 0.0328 e. The smallest absolute Gasteiger partial charge is 0.0328 e. The molecule has 1 aromatic carbocycles. The van der Waals surface area contributed by atoms with Gasteiger partial charge < -0.3 is 5.32 Å². The molecule has 0 radical (unpaired) electrons. The zero-order valence-electron chi connectivity index (χ0n) is 11.5. The second-order valence-corrected chi connectivity index (χ2v) is 7.77. The molecule has 1 unspecified atom stereocenters. The first kappa shape index (κ1) is 14.0.